The van der Waals surface area contributed by atoms with Crippen LogP contribution in [0.5, 0.6) is 0 Å². The second-order valence-corrected chi connectivity index (χ2v) is 3.70. The van der Waals surface area contributed by atoms with Crippen LogP contribution >= 0.6 is 27.5 Å². The monoisotopic (exact) mass is 289 g/mol. The number of hydrogen-bond donors (Lipinski definition) is 1. The van der Waals surface area contributed by atoms with E-state index in [-0.39, 0.29) is 5.28 Å². The van der Waals surface area contributed by atoms with Gasteiger partial charge in [0, 0.05) is 19.4 Å². The van der Waals surface area contributed by atoms with E-state index in [4.69, 9.17) is 11.6 Å². The summed E-state index contributed by atoms with van der Waals surface area (Å²) < 4.78 is 0.714. The van der Waals surface area contributed by atoms with Gasteiger partial charge in [-0.1, -0.05) is 6.58 Å². The molecule has 15 heavy (non-hydrogen) atoms. The summed E-state index contributed by atoms with van der Waals surface area (Å²) in [6, 6.07) is 0. The minimum Gasteiger partial charge on any atom is -0.280 e. The Morgan fingerprint density at radius 1 is 1.73 bits per heavy atom. The zero-order valence-electron chi connectivity index (χ0n) is 7.98. The van der Waals surface area contributed by atoms with Gasteiger partial charge in [0.15, 0.2) is 5.82 Å². The lowest BCUT2D eigenvalue weighted by Crippen LogP contribution is -2.24. The van der Waals surface area contributed by atoms with Crippen molar-refractivity contribution in [2.24, 2.45) is 4.99 Å². The molecule has 5 nitrogen and oxygen atoms in total. The lowest BCUT2D eigenvalue weighted by molar-refractivity contribution is 0.621. The third kappa shape index (κ3) is 3.85. The lowest BCUT2D eigenvalue weighted by Gasteiger charge is -2.15. The summed E-state index contributed by atoms with van der Waals surface area (Å²) >= 11 is 8.94. The number of halogens is 2. The van der Waals surface area contributed by atoms with Crippen LogP contribution in [-0.4, -0.2) is 28.4 Å². The zero-order chi connectivity index (χ0) is 11.3. The third-order valence-corrected chi connectivity index (χ3v) is 2.10. The average Bonchev–Trinajstić information content (AvgIpc) is 2.20. The highest BCUT2D eigenvalue weighted by Crippen LogP contribution is 2.19. The number of aromatic nitrogens is 2. The van der Waals surface area contributed by atoms with Crippen molar-refractivity contribution in [1.29, 1.82) is 0 Å². The van der Waals surface area contributed by atoms with E-state index in [2.05, 4.69) is 42.9 Å². The predicted octanol–water partition coefficient (Wildman–Crippen LogP) is 2.32. The molecular weight excluding hydrogens is 281 g/mol. The van der Waals surface area contributed by atoms with Gasteiger partial charge in [0.25, 0.3) is 0 Å². The normalized spacial score (nSPS) is 10.3. The molecule has 0 aliphatic heterocycles. The van der Waals surface area contributed by atoms with Gasteiger partial charge in [-0.3, -0.25) is 10.4 Å². The molecule has 0 fully saturated rings. The fourth-order valence-corrected chi connectivity index (χ4v) is 1.18. The molecule has 1 N–H and O–H groups in total. The van der Waals surface area contributed by atoms with Crippen LogP contribution in [0.3, 0.4) is 0 Å². The highest BCUT2D eigenvalue weighted by molar-refractivity contribution is 9.10. The zero-order valence-corrected chi connectivity index (χ0v) is 10.3. The second-order valence-electron chi connectivity index (χ2n) is 2.51. The Balaban J connectivity index is 2.75. The molecule has 0 amide bonds. The summed E-state index contributed by atoms with van der Waals surface area (Å²) in [6.45, 7) is 3.46. The van der Waals surface area contributed by atoms with Crippen LogP contribution in [0.1, 0.15) is 0 Å². The number of hydrazine groups is 1. The number of nitrogens with one attached hydrogen (secondary N) is 1. The van der Waals surface area contributed by atoms with E-state index in [0.717, 1.165) is 0 Å². The van der Waals surface area contributed by atoms with Gasteiger partial charge >= 0.3 is 0 Å². The van der Waals surface area contributed by atoms with Gasteiger partial charge in [0.1, 0.15) is 6.34 Å². The number of anilines is 1. The summed E-state index contributed by atoms with van der Waals surface area (Å²) in [5, 5.41) is 1.79. The number of hydrogen-bond acceptors (Lipinski definition) is 4. The predicted molar refractivity (Wildman–Crippen MR) is 64.8 cm³/mol. The summed E-state index contributed by atoms with van der Waals surface area (Å²) in [5.41, 5.74) is 2.94. The molecule has 0 radical (unpaired) electrons. The lowest BCUT2D eigenvalue weighted by atomic mass is 10.6. The summed E-state index contributed by atoms with van der Waals surface area (Å²) in [5.74, 6) is 0.563. The molecule has 0 atom stereocenters. The molecule has 0 bridgehead atoms. The molecule has 1 aromatic rings. The maximum absolute atomic E-state index is 5.65. The van der Waals surface area contributed by atoms with E-state index in [1.54, 1.807) is 24.6 Å². The average molecular weight is 291 g/mol. The van der Waals surface area contributed by atoms with Crippen LogP contribution in [0.15, 0.2) is 28.4 Å². The highest BCUT2D eigenvalue weighted by Gasteiger charge is 2.03. The van der Waals surface area contributed by atoms with E-state index in [1.807, 2.05) is 0 Å². The standard InChI is InChI=1S/C8H9BrClN5/c1-3-11-5-15(2)14-7-6(9)4-12-8(10)13-7/h3-5H,1H2,2H3,(H,12,13,14)/b11-5-. The van der Waals surface area contributed by atoms with Gasteiger partial charge in [0.2, 0.25) is 5.28 Å². The Bertz CT molecular complexity index is 381. The molecule has 0 spiro atoms. The molecule has 1 heterocycles. The van der Waals surface area contributed by atoms with Crippen molar-refractivity contribution in [1.82, 2.24) is 15.0 Å². The van der Waals surface area contributed by atoms with Crippen molar-refractivity contribution in [3.8, 4) is 0 Å². The first-order valence-corrected chi connectivity index (χ1v) is 5.12. The van der Waals surface area contributed by atoms with Crippen LogP contribution in [-0.2, 0) is 0 Å². The smallest absolute Gasteiger partial charge is 0.224 e. The van der Waals surface area contributed by atoms with E-state index < -0.39 is 0 Å². The summed E-state index contributed by atoms with van der Waals surface area (Å²) in [7, 11) is 1.77. The quantitative estimate of drug-likeness (QED) is 0.400. The van der Waals surface area contributed by atoms with Gasteiger partial charge in [-0.05, 0) is 27.5 Å². The van der Waals surface area contributed by atoms with Crippen molar-refractivity contribution in [2.75, 3.05) is 12.5 Å². The molecular formula is C8H9BrClN5. The van der Waals surface area contributed by atoms with Crippen molar-refractivity contribution in [3.63, 3.8) is 0 Å². The van der Waals surface area contributed by atoms with Crippen LogP contribution in [0.25, 0.3) is 0 Å². The Hall–Kier alpha value is -1.14. The maximum atomic E-state index is 5.65. The van der Waals surface area contributed by atoms with Gasteiger partial charge < -0.3 is 0 Å². The molecule has 0 unspecified atom stereocenters. The molecule has 80 valence electrons. The van der Waals surface area contributed by atoms with Gasteiger partial charge in [-0.15, -0.1) is 0 Å². The van der Waals surface area contributed by atoms with Crippen LogP contribution in [0.2, 0.25) is 5.28 Å². The molecule has 0 aliphatic rings. The largest absolute Gasteiger partial charge is 0.280 e. The summed E-state index contributed by atoms with van der Waals surface area (Å²) in [6.07, 6.45) is 4.55. The maximum Gasteiger partial charge on any atom is 0.224 e. The Morgan fingerprint density at radius 2 is 2.47 bits per heavy atom. The molecule has 7 heteroatoms. The van der Waals surface area contributed by atoms with Crippen molar-refractivity contribution in [3.05, 3.63) is 28.7 Å². The molecule has 1 aromatic heterocycles. The number of aliphatic imine (C=N–C) groups is 1. The van der Waals surface area contributed by atoms with Crippen molar-refractivity contribution >= 4 is 39.7 Å². The summed E-state index contributed by atoms with van der Waals surface area (Å²) in [4.78, 5) is 11.6. The van der Waals surface area contributed by atoms with Gasteiger partial charge in [-0.2, -0.15) is 4.98 Å². The van der Waals surface area contributed by atoms with E-state index in [0.29, 0.717) is 10.3 Å². The SMILES string of the molecule is C=C/N=C\N(C)Nc1nc(Cl)ncc1Br. The Morgan fingerprint density at radius 3 is 3.13 bits per heavy atom. The van der Waals surface area contributed by atoms with Crippen LogP contribution in [0.4, 0.5) is 5.82 Å². The fourth-order valence-electron chi connectivity index (χ4n) is 0.767. The van der Waals surface area contributed by atoms with Crippen molar-refractivity contribution < 1.29 is 0 Å². The molecule has 1 rings (SSSR count). The van der Waals surface area contributed by atoms with E-state index in [1.165, 1.54) is 6.20 Å². The Labute approximate surface area is 101 Å². The van der Waals surface area contributed by atoms with E-state index >= 15 is 0 Å². The van der Waals surface area contributed by atoms with Crippen molar-refractivity contribution in [2.45, 2.75) is 0 Å². The van der Waals surface area contributed by atoms with Gasteiger partial charge in [-0.25, -0.2) is 9.98 Å². The first-order valence-electron chi connectivity index (χ1n) is 3.95. The highest BCUT2D eigenvalue weighted by atomic mass is 79.9. The topological polar surface area (TPSA) is 53.4 Å². The molecule has 0 saturated heterocycles. The van der Waals surface area contributed by atoms with E-state index in [9.17, 15) is 0 Å². The first-order chi connectivity index (χ1) is 7.13. The fraction of sp³-hybridized carbons (Fsp3) is 0.125. The molecule has 0 aliphatic carbocycles. The molecule has 0 saturated carbocycles. The minimum absolute atomic E-state index is 0.176. The first kappa shape index (κ1) is 11.9. The minimum atomic E-state index is 0.176. The van der Waals surface area contributed by atoms with Gasteiger partial charge in [0.05, 0.1) is 4.47 Å². The molecule has 0 aromatic carbocycles. The third-order valence-electron chi connectivity index (χ3n) is 1.34. The second kappa shape index (κ2) is 5.67. The number of nitrogens with zero attached hydrogens (tertiary/aromatic N) is 4. The van der Waals surface area contributed by atoms with Crippen LogP contribution < -0.4 is 5.43 Å². The van der Waals surface area contributed by atoms with Crippen LogP contribution in [0, 0.1) is 0 Å². The number of rotatable bonds is 4. The Kier molecular flexibility index (Phi) is 4.51.